The van der Waals surface area contributed by atoms with E-state index in [0.29, 0.717) is 38.5 Å². The second-order valence-corrected chi connectivity index (χ2v) is 8.56. The van der Waals surface area contributed by atoms with Crippen LogP contribution in [0.15, 0.2) is 46.3 Å². The number of hydrogen-bond acceptors (Lipinski definition) is 7. The lowest BCUT2D eigenvalue weighted by Crippen LogP contribution is -2.50. The van der Waals surface area contributed by atoms with Gasteiger partial charge in [0.05, 0.1) is 16.4 Å². The van der Waals surface area contributed by atoms with Crippen molar-refractivity contribution in [2.75, 3.05) is 26.2 Å². The number of aryl methyl sites for hydroxylation is 2. The Bertz CT molecular complexity index is 1110. The van der Waals surface area contributed by atoms with Crippen LogP contribution in [0.3, 0.4) is 0 Å². The molecule has 0 atom stereocenters. The van der Waals surface area contributed by atoms with E-state index >= 15 is 0 Å². The number of carbonyl (C=O) groups is 2. The maximum absolute atomic E-state index is 12.5. The number of thiazole rings is 1. The highest BCUT2D eigenvalue weighted by Gasteiger charge is 2.26. The fourth-order valence-corrected chi connectivity index (χ4v) is 3.93. The van der Waals surface area contributed by atoms with Gasteiger partial charge < -0.3 is 19.1 Å². The van der Waals surface area contributed by atoms with Crippen molar-refractivity contribution in [3.05, 3.63) is 69.5 Å². The van der Waals surface area contributed by atoms with E-state index in [2.05, 4.69) is 10.1 Å². The smallest absolute Gasteiger partial charge is 0.292 e. The van der Waals surface area contributed by atoms with E-state index in [1.165, 1.54) is 0 Å². The first-order chi connectivity index (χ1) is 15.5. The molecule has 3 aromatic rings. The lowest BCUT2D eigenvalue weighted by atomic mass is 10.2. The van der Waals surface area contributed by atoms with Crippen molar-refractivity contribution in [2.24, 2.45) is 0 Å². The third-order valence-corrected chi connectivity index (χ3v) is 5.89. The van der Waals surface area contributed by atoms with Crippen molar-refractivity contribution < 1.29 is 18.8 Å². The fourth-order valence-electron chi connectivity index (χ4n) is 3.33. The Labute approximate surface area is 190 Å². The van der Waals surface area contributed by atoms with Crippen LogP contribution in [-0.4, -0.2) is 57.9 Å². The van der Waals surface area contributed by atoms with Crippen LogP contribution in [0, 0.1) is 13.8 Å². The van der Waals surface area contributed by atoms with Crippen LogP contribution >= 0.6 is 11.3 Å². The molecule has 32 heavy (non-hydrogen) atoms. The molecule has 2 amide bonds. The zero-order valence-corrected chi connectivity index (χ0v) is 18.8. The van der Waals surface area contributed by atoms with E-state index < -0.39 is 0 Å². The third kappa shape index (κ3) is 5.42. The highest BCUT2D eigenvalue weighted by atomic mass is 32.1. The number of hydrogen-bond donors (Lipinski definition) is 0. The summed E-state index contributed by atoms with van der Waals surface area (Å²) in [4.78, 5) is 32.7. The van der Waals surface area contributed by atoms with Crippen molar-refractivity contribution in [1.82, 2.24) is 19.9 Å². The molecule has 0 unspecified atom stereocenters. The van der Waals surface area contributed by atoms with Gasteiger partial charge in [-0.05, 0) is 37.6 Å². The summed E-state index contributed by atoms with van der Waals surface area (Å²) in [6, 6.07) is 9.18. The Balaban J connectivity index is 1.25. The predicted molar refractivity (Wildman–Crippen MR) is 120 cm³/mol. The van der Waals surface area contributed by atoms with Crippen molar-refractivity contribution in [2.45, 2.75) is 20.5 Å². The quantitative estimate of drug-likeness (QED) is 0.533. The second-order valence-electron chi connectivity index (χ2n) is 7.50. The monoisotopic (exact) mass is 452 g/mol. The Morgan fingerprint density at radius 1 is 1.12 bits per heavy atom. The lowest BCUT2D eigenvalue weighted by Gasteiger charge is -2.33. The summed E-state index contributed by atoms with van der Waals surface area (Å²) in [7, 11) is 0. The van der Waals surface area contributed by atoms with Gasteiger partial charge in [-0.3, -0.25) is 9.59 Å². The molecule has 2 aromatic heterocycles. The standard InChI is InChI=1S/C23H24N4O4S/c1-16-13-21(31-25-16)23(29)27-11-9-26(10-12-27)22(28)8-5-18-3-6-20(7-4-18)30-14-19-15-32-17(2)24-19/h3-8,13,15H,9-12,14H2,1-2H3/b8-5+. The number of ether oxygens (including phenoxy) is 1. The van der Waals surface area contributed by atoms with Crippen molar-refractivity contribution in [3.8, 4) is 5.75 Å². The van der Waals surface area contributed by atoms with Gasteiger partial charge in [0.15, 0.2) is 0 Å². The van der Waals surface area contributed by atoms with Gasteiger partial charge in [0, 0.05) is 43.7 Å². The number of aromatic nitrogens is 2. The van der Waals surface area contributed by atoms with E-state index in [0.717, 1.165) is 22.0 Å². The summed E-state index contributed by atoms with van der Waals surface area (Å²) in [5.41, 5.74) is 2.49. The highest BCUT2D eigenvalue weighted by molar-refractivity contribution is 7.09. The van der Waals surface area contributed by atoms with Gasteiger partial charge in [-0.15, -0.1) is 11.3 Å². The van der Waals surface area contributed by atoms with Crippen molar-refractivity contribution in [3.63, 3.8) is 0 Å². The first kappa shape index (κ1) is 21.8. The molecule has 0 bridgehead atoms. The van der Waals surface area contributed by atoms with Gasteiger partial charge in [0.25, 0.3) is 5.91 Å². The number of benzene rings is 1. The molecular formula is C23H24N4O4S. The first-order valence-corrected chi connectivity index (χ1v) is 11.2. The van der Waals surface area contributed by atoms with Crippen molar-refractivity contribution in [1.29, 1.82) is 0 Å². The highest BCUT2D eigenvalue weighted by Crippen LogP contribution is 2.17. The van der Waals surface area contributed by atoms with Gasteiger partial charge in [0.1, 0.15) is 12.4 Å². The molecule has 1 saturated heterocycles. The average Bonchev–Trinajstić information content (AvgIpc) is 3.44. The SMILES string of the molecule is Cc1cc(C(=O)N2CCN(C(=O)/C=C/c3ccc(OCc4csc(C)n4)cc3)CC2)on1. The zero-order chi connectivity index (χ0) is 22.5. The van der Waals surface area contributed by atoms with Crippen molar-refractivity contribution >= 4 is 29.2 Å². The van der Waals surface area contributed by atoms with Crippen LogP contribution in [0.1, 0.15) is 32.5 Å². The predicted octanol–water partition coefficient (Wildman–Crippen LogP) is 3.32. The molecule has 4 rings (SSSR count). The van der Waals surface area contributed by atoms with Gasteiger partial charge in [-0.2, -0.15) is 0 Å². The molecule has 1 fully saturated rings. The topological polar surface area (TPSA) is 88.8 Å². The molecule has 0 aliphatic carbocycles. The number of rotatable bonds is 6. The van der Waals surface area contributed by atoms with E-state index in [4.69, 9.17) is 9.26 Å². The molecule has 8 nitrogen and oxygen atoms in total. The molecule has 9 heteroatoms. The van der Waals surface area contributed by atoms with Gasteiger partial charge in [-0.25, -0.2) is 4.98 Å². The minimum absolute atomic E-state index is 0.0770. The van der Waals surface area contributed by atoms with Crippen LogP contribution in [0.5, 0.6) is 5.75 Å². The molecule has 0 saturated carbocycles. The molecule has 0 spiro atoms. The van der Waals surface area contributed by atoms with Gasteiger partial charge >= 0.3 is 0 Å². The maximum Gasteiger partial charge on any atom is 0.292 e. The zero-order valence-electron chi connectivity index (χ0n) is 18.0. The maximum atomic E-state index is 12.5. The van der Waals surface area contributed by atoms with E-state index in [-0.39, 0.29) is 17.6 Å². The Hall–Kier alpha value is -3.46. The Kier molecular flexibility index (Phi) is 6.65. The molecule has 0 radical (unpaired) electrons. The van der Waals surface area contributed by atoms with E-state index in [1.807, 2.05) is 36.6 Å². The number of amides is 2. The molecule has 1 aliphatic rings. The molecule has 0 N–H and O–H groups in total. The number of carbonyl (C=O) groups excluding carboxylic acids is 2. The summed E-state index contributed by atoms with van der Waals surface area (Å²) >= 11 is 1.60. The summed E-state index contributed by atoms with van der Waals surface area (Å²) < 4.78 is 10.8. The number of piperazine rings is 1. The average molecular weight is 453 g/mol. The van der Waals surface area contributed by atoms with E-state index in [1.54, 1.807) is 46.3 Å². The summed E-state index contributed by atoms with van der Waals surface area (Å²) in [6.07, 6.45) is 3.34. The third-order valence-electron chi connectivity index (χ3n) is 5.07. The molecule has 1 aliphatic heterocycles. The minimum atomic E-state index is -0.194. The lowest BCUT2D eigenvalue weighted by molar-refractivity contribution is -0.127. The van der Waals surface area contributed by atoms with Gasteiger partial charge in [-0.1, -0.05) is 17.3 Å². The molecular weight excluding hydrogens is 428 g/mol. The Morgan fingerprint density at radius 2 is 1.84 bits per heavy atom. The molecule has 3 heterocycles. The second kappa shape index (κ2) is 9.78. The normalized spacial score (nSPS) is 14.2. The van der Waals surface area contributed by atoms with Gasteiger partial charge in [0.2, 0.25) is 11.7 Å². The van der Waals surface area contributed by atoms with Crippen LogP contribution in [0.4, 0.5) is 0 Å². The largest absolute Gasteiger partial charge is 0.487 e. The van der Waals surface area contributed by atoms with Crippen LogP contribution in [0.25, 0.3) is 6.08 Å². The molecule has 166 valence electrons. The molecule has 1 aromatic carbocycles. The summed E-state index contributed by atoms with van der Waals surface area (Å²) in [5.74, 6) is 0.713. The van der Waals surface area contributed by atoms with E-state index in [9.17, 15) is 9.59 Å². The van der Waals surface area contributed by atoms with Crippen LogP contribution in [0.2, 0.25) is 0 Å². The summed E-state index contributed by atoms with van der Waals surface area (Å²) in [5, 5.41) is 6.76. The first-order valence-electron chi connectivity index (χ1n) is 10.3. The van der Waals surface area contributed by atoms with Crippen LogP contribution in [-0.2, 0) is 11.4 Å². The summed E-state index contributed by atoms with van der Waals surface area (Å²) in [6.45, 7) is 6.05. The minimum Gasteiger partial charge on any atom is -0.487 e. The number of nitrogens with zero attached hydrogens (tertiary/aromatic N) is 4. The fraction of sp³-hybridized carbons (Fsp3) is 0.304. The Morgan fingerprint density at radius 3 is 2.47 bits per heavy atom. The van der Waals surface area contributed by atoms with Crippen LogP contribution < -0.4 is 4.74 Å².